The first-order valence-electron chi connectivity index (χ1n) is 6.21. The van der Waals surface area contributed by atoms with Crippen LogP contribution < -0.4 is 11.1 Å². The van der Waals surface area contributed by atoms with Crippen molar-refractivity contribution in [1.82, 2.24) is 5.32 Å². The van der Waals surface area contributed by atoms with E-state index in [1.807, 2.05) is 0 Å². The van der Waals surface area contributed by atoms with Crippen LogP contribution in [0.15, 0.2) is 0 Å². The largest absolute Gasteiger partial charge is 0.383 e. The van der Waals surface area contributed by atoms with E-state index in [1.165, 1.54) is 12.8 Å². The molecular formula is C12H24N2O2. The van der Waals surface area contributed by atoms with Crippen molar-refractivity contribution < 1.29 is 9.53 Å². The molecule has 4 heteroatoms. The van der Waals surface area contributed by atoms with Gasteiger partial charge in [-0.25, -0.2) is 0 Å². The number of rotatable bonds is 8. The molecule has 1 amide bonds. The second kappa shape index (κ2) is 6.86. The van der Waals surface area contributed by atoms with E-state index in [4.69, 9.17) is 10.5 Å². The summed E-state index contributed by atoms with van der Waals surface area (Å²) in [6.45, 7) is 2.68. The topological polar surface area (TPSA) is 64.3 Å². The van der Waals surface area contributed by atoms with Gasteiger partial charge in [0.1, 0.15) is 0 Å². The van der Waals surface area contributed by atoms with Crippen molar-refractivity contribution in [3.63, 3.8) is 0 Å². The minimum absolute atomic E-state index is 0.0461. The van der Waals surface area contributed by atoms with Gasteiger partial charge in [0.05, 0.1) is 12.6 Å². The molecule has 16 heavy (non-hydrogen) atoms. The highest BCUT2D eigenvalue weighted by atomic mass is 16.5. The van der Waals surface area contributed by atoms with Crippen molar-refractivity contribution in [3.8, 4) is 0 Å². The quantitative estimate of drug-likeness (QED) is 0.652. The fourth-order valence-electron chi connectivity index (χ4n) is 1.94. The van der Waals surface area contributed by atoms with Gasteiger partial charge in [0, 0.05) is 19.6 Å². The van der Waals surface area contributed by atoms with E-state index in [2.05, 4.69) is 12.2 Å². The molecule has 0 aliphatic heterocycles. The molecule has 1 rings (SSSR count). The molecule has 0 aromatic rings. The molecule has 0 aromatic heterocycles. The van der Waals surface area contributed by atoms with Crippen molar-refractivity contribution in [2.75, 3.05) is 13.7 Å². The van der Waals surface area contributed by atoms with Gasteiger partial charge in [-0.15, -0.1) is 0 Å². The summed E-state index contributed by atoms with van der Waals surface area (Å²) >= 11 is 0. The third-order valence-electron chi connectivity index (χ3n) is 3.02. The summed E-state index contributed by atoms with van der Waals surface area (Å²) in [4.78, 5) is 11.7. The van der Waals surface area contributed by atoms with Gasteiger partial charge in [0.2, 0.25) is 5.91 Å². The zero-order chi connectivity index (χ0) is 12.0. The van der Waals surface area contributed by atoms with Gasteiger partial charge in [0.25, 0.3) is 0 Å². The van der Waals surface area contributed by atoms with Crippen LogP contribution in [-0.2, 0) is 9.53 Å². The first kappa shape index (κ1) is 13.5. The first-order chi connectivity index (χ1) is 7.67. The molecule has 0 spiro atoms. The third kappa shape index (κ3) is 4.94. The van der Waals surface area contributed by atoms with Crippen LogP contribution in [0.1, 0.15) is 39.0 Å². The van der Waals surface area contributed by atoms with E-state index in [0.29, 0.717) is 18.9 Å². The van der Waals surface area contributed by atoms with Crippen LogP contribution in [0, 0.1) is 5.92 Å². The minimum atomic E-state index is 0.0461. The summed E-state index contributed by atoms with van der Waals surface area (Å²) in [5.41, 5.74) is 5.91. The second-order valence-electron chi connectivity index (χ2n) is 4.71. The Morgan fingerprint density at radius 2 is 2.25 bits per heavy atom. The molecule has 1 aliphatic carbocycles. The number of carbonyl (C=O) groups is 1. The lowest BCUT2D eigenvalue weighted by molar-refractivity contribution is -0.122. The molecule has 0 saturated heterocycles. The minimum Gasteiger partial charge on any atom is -0.383 e. The standard InChI is InChI=1S/C12H24N2O2/c1-3-4-10(8-16-2)14-12(15)7-11(13)9-5-6-9/h9-11H,3-8,13H2,1-2H3,(H,14,15). The summed E-state index contributed by atoms with van der Waals surface area (Å²) in [5.74, 6) is 0.646. The van der Waals surface area contributed by atoms with E-state index in [1.54, 1.807) is 7.11 Å². The molecule has 2 atom stereocenters. The molecule has 1 fully saturated rings. The lowest BCUT2D eigenvalue weighted by Gasteiger charge is -2.18. The van der Waals surface area contributed by atoms with Crippen molar-refractivity contribution >= 4 is 5.91 Å². The van der Waals surface area contributed by atoms with Crippen LogP contribution in [0.2, 0.25) is 0 Å². The molecular weight excluding hydrogens is 204 g/mol. The smallest absolute Gasteiger partial charge is 0.221 e. The third-order valence-corrected chi connectivity index (χ3v) is 3.02. The monoisotopic (exact) mass is 228 g/mol. The van der Waals surface area contributed by atoms with Crippen LogP contribution in [0.25, 0.3) is 0 Å². The van der Waals surface area contributed by atoms with Gasteiger partial charge in [0.15, 0.2) is 0 Å². The van der Waals surface area contributed by atoms with Crippen LogP contribution in [0.4, 0.5) is 0 Å². The number of nitrogens with two attached hydrogens (primary N) is 1. The summed E-state index contributed by atoms with van der Waals surface area (Å²) in [7, 11) is 1.66. The maximum absolute atomic E-state index is 11.7. The van der Waals surface area contributed by atoms with Crippen molar-refractivity contribution in [1.29, 1.82) is 0 Å². The fourth-order valence-corrected chi connectivity index (χ4v) is 1.94. The van der Waals surface area contributed by atoms with Crippen molar-refractivity contribution in [3.05, 3.63) is 0 Å². The van der Waals surface area contributed by atoms with Crippen molar-refractivity contribution in [2.45, 2.75) is 51.1 Å². The fraction of sp³-hybridized carbons (Fsp3) is 0.917. The van der Waals surface area contributed by atoms with Gasteiger partial charge < -0.3 is 15.8 Å². The van der Waals surface area contributed by atoms with E-state index < -0.39 is 0 Å². The Labute approximate surface area is 97.9 Å². The van der Waals surface area contributed by atoms with Crippen LogP contribution in [-0.4, -0.2) is 31.7 Å². The Morgan fingerprint density at radius 3 is 2.75 bits per heavy atom. The maximum atomic E-state index is 11.7. The molecule has 94 valence electrons. The number of hydrogen-bond acceptors (Lipinski definition) is 3. The predicted molar refractivity (Wildman–Crippen MR) is 64.0 cm³/mol. The van der Waals surface area contributed by atoms with E-state index in [9.17, 15) is 4.79 Å². The summed E-state index contributed by atoms with van der Waals surface area (Å²) in [6, 6.07) is 0.179. The number of hydrogen-bond donors (Lipinski definition) is 2. The Hall–Kier alpha value is -0.610. The van der Waals surface area contributed by atoms with Crippen LogP contribution in [0.5, 0.6) is 0 Å². The van der Waals surface area contributed by atoms with Gasteiger partial charge >= 0.3 is 0 Å². The molecule has 4 nitrogen and oxygen atoms in total. The Kier molecular flexibility index (Phi) is 5.77. The molecule has 3 N–H and O–H groups in total. The van der Waals surface area contributed by atoms with Gasteiger partial charge in [-0.1, -0.05) is 13.3 Å². The first-order valence-corrected chi connectivity index (χ1v) is 6.21. The van der Waals surface area contributed by atoms with Gasteiger partial charge in [-0.05, 0) is 25.2 Å². The average Bonchev–Trinajstić information content (AvgIpc) is 3.01. The van der Waals surface area contributed by atoms with Crippen molar-refractivity contribution in [2.24, 2.45) is 11.7 Å². The number of methoxy groups -OCH3 is 1. The van der Waals surface area contributed by atoms with E-state index in [-0.39, 0.29) is 18.0 Å². The average molecular weight is 228 g/mol. The predicted octanol–water partition coefficient (Wildman–Crippen LogP) is 1.05. The molecule has 0 radical (unpaired) electrons. The summed E-state index contributed by atoms with van der Waals surface area (Å²) in [6.07, 6.45) is 4.83. The van der Waals surface area contributed by atoms with Gasteiger partial charge in [-0.3, -0.25) is 4.79 Å². The maximum Gasteiger partial charge on any atom is 0.221 e. The summed E-state index contributed by atoms with van der Waals surface area (Å²) in [5, 5.41) is 2.99. The Balaban J connectivity index is 2.23. The number of amides is 1. The highest BCUT2D eigenvalue weighted by molar-refractivity contribution is 5.77. The number of ether oxygens (including phenoxy) is 1. The molecule has 1 aliphatic rings. The Morgan fingerprint density at radius 1 is 1.56 bits per heavy atom. The molecule has 0 heterocycles. The zero-order valence-corrected chi connectivity index (χ0v) is 10.4. The second-order valence-corrected chi connectivity index (χ2v) is 4.71. The van der Waals surface area contributed by atoms with Gasteiger partial charge in [-0.2, -0.15) is 0 Å². The summed E-state index contributed by atoms with van der Waals surface area (Å²) < 4.78 is 5.08. The number of carbonyl (C=O) groups excluding carboxylic acids is 1. The highest BCUT2D eigenvalue weighted by Gasteiger charge is 2.30. The van der Waals surface area contributed by atoms with E-state index in [0.717, 1.165) is 12.8 Å². The number of nitrogens with one attached hydrogen (secondary N) is 1. The molecule has 0 aromatic carbocycles. The Bertz CT molecular complexity index is 211. The zero-order valence-electron chi connectivity index (χ0n) is 10.4. The SMILES string of the molecule is CCCC(COC)NC(=O)CC(N)C1CC1. The van der Waals surface area contributed by atoms with E-state index >= 15 is 0 Å². The molecule has 2 unspecified atom stereocenters. The van der Waals surface area contributed by atoms with Crippen LogP contribution in [0.3, 0.4) is 0 Å². The normalized spacial score (nSPS) is 19.2. The molecule has 0 bridgehead atoms. The highest BCUT2D eigenvalue weighted by Crippen LogP contribution is 2.32. The lowest BCUT2D eigenvalue weighted by Crippen LogP contribution is -2.41. The van der Waals surface area contributed by atoms with Crippen LogP contribution >= 0.6 is 0 Å². The lowest BCUT2D eigenvalue weighted by atomic mass is 10.1. The molecule has 1 saturated carbocycles.